The first-order valence-electron chi connectivity index (χ1n) is 4.57. The molecular formula is C10H8F3N3S. The van der Waals surface area contributed by atoms with Crippen LogP contribution in [0.4, 0.5) is 24.0 Å². The van der Waals surface area contributed by atoms with E-state index in [2.05, 4.69) is 4.98 Å². The Balaban J connectivity index is 2.55. The van der Waals surface area contributed by atoms with Gasteiger partial charge in [-0.05, 0) is 17.7 Å². The van der Waals surface area contributed by atoms with Gasteiger partial charge in [0.2, 0.25) is 0 Å². The molecule has 0 aliphatic heterocycles. The minimum absolute atomic E-state index is 0.00926. The maximum atomic E-state index is 12.7. The van der Waals surface area contributed by atoms with Gasteiger partial charge >= 0.3 is 6.18 Å². The van der Waals surface area contributed by atoms with Gasteiger partial charge in [0, 0.05) is 5.69 Å². The van der Waals surface area contributed by atoms with Gasteiger partial charge in [0.25, 0.3) is 0 Å². The minimum Gasteiger partial charge on any atom is -0.399 e. The summed E-state index contributed by atoms with van der Waals surface area (Å²) in [4.78, 5) is 3.33. The molecule has 1 heterocycles. The highest BCUT2D eigenvalue weighted by Gasteiger charge is 2.37. The summed E-state index contributed by atoms with van der Waals surface area (Å²) in [6.45, 7) is 0. The lowest BCUT2D eigenvalue weighted by molar-refractivity contribution is -0.140. The number of benzene rings is 1. The van der Waals surface area contributed by atoms with Crippen molar-refractivity contribution in [1.82, 2.24) is 4.98 Å². The molecule has 0 amide bonds. The number of nitrogens with two attached hydrogens (primary N) is 2. The van der Waals surface area contributed by atoms with Gasteiger partial charge in [-0.1, -0.05) is 23.5 Å². The van der Waals surface area contributed by atoms with E-state index in [0.717, 1.165) is 11.3 Å². The first kappa shape index (κ1) is 11.7. The van der Waals surface area contributed by atoms with Crippen LogP contribution in [0.2, 0.25) is 0 Å². The number of anilines is 2. The molecule has 2 rings (SSSR count). The van der Waals surface area contributed by atoms with E-state index in [0.29, 0.717) is 11.3 Å². The third-order valence-corrected chi connectivity index (χ3v) is 3.02. The van der Waals surface area contributed by atoms with Crippen LogP contribution >= 0.6 is 11.3 Å². The molecule has 0 unspecified atom stereocenters. The Bertz CT molecular complexity index is 531. The van der Waals surface area contributed by atoms with E-state index >= 15 is 0 Å². The summed E-state index contributed by atoms with van der Waals surface area (Å²) in [5.41, 5.74) is 10.7. The molecule has 0 spiro atoms. The Morgan fingerprint density at radius 1 is 1.06 bits per heavy atom. The number of halogens is 3. The fraction of sp³-hybridized carbons (Fsp3) is 0.100. The monoisotopic (exact) mass is 259 g/mol. The Hall–Kier alpha value is -1.76. The van der Waals surface area contributed by atoms with E-state index in [9.17, 15) is 13.2 Å². The Morgan fingerprint density at radius 2 is 1.65 bits per heavy atom. The molecule has 0 fully saturated rings. The Morgan fingerprint density at radius 3 is 2.18 bits per heavy atom. The topological polar surface area (TPSA) is 64.9 Å². The lowest BCUT2D eigenvalue weighted by Gasteiger charge is -2.06. The molecule has 0 bridgehead atoms. The van der Waals surface area contributed by atoms with E-state index < -0.39 is 11.9 Å². The predicted molar refractivity (Wildman–Crippen MR) is 61.4 cm³/mol. The van der Waals surface area contributed by atoms with Gasteiger partial charge in [-0.15, -0.1) is 0 Å². The van der Waals surface area contributed by atoms with Crippen LogP contribution in [-0.2, 0) is 6.18 Å². The number of aromatic nitrogens is 1. The van der Waals surface area contributed by atoms with Gasteiger partial charge in [0.15, 0.2) is 10.8 Å². The van der Waals surface area contributed by atoms with Gasteiger partial charge in [0.05, 0.1) is 4.88 Å². The fourth-order valence-corrected chi connectivity index (χ4v) is 2.22. The lowest BCUT2D eigenvalue weighted by atomic mass is 10.1. The SMILES string of the molecule is Nc1ccc(-c2sc(N)nc2C(F)(F)F)cc1. The zero-order chi connectivity index (χ0) is 12.6. The molecule has 0 aliphatic rings. The first-order valence-corrected chi connectivity index (χ1v) is 5.39. The van der Waals surface area contributed by atoms with E-state index in [1.54, 1.807) is 0 Å². The number of thiazole rings is 1. The van der Waals surface area contributed by atoms with Crippen molar-refractivity contribution in [3.8, 4) is 10.4 Å². The van der Waals surface area contributed by atoms with Crippen LogP contribution in [0.5, 0.6) is 0 Å². The van der Waals surface area contributed by atoms with E-state index in [4.69, 9.17) is 11.5 Å². The van der Waals surface area contributed by atoms with Crippen molar-refractivity contribution in [3.63, 3.8) is 0 Å². The number of nitrogens with zero attached hydrogens (tertiary/aromatic N) is 1. The van der Waals surface area contributed by atoms with Crippen molar-refractivity contribution in [1.29, 1.82) is 0 Å². The van der Waals surface area contributed by atoms with Gasteiger partial charge in [-0.2, -0.15) is 13.2 Å². The number of alkyl halides is 3. The van der Waals surface area contributed by atoms with E-state index in [1.165, 1.54) is 24.3 Å². The summed E-state index contributed by atoms with van der Waals surface area (Å²) in [5, 5.41) is -0.107. The number of hydrogen-bond donors (Lipinski definition) is 2. The van der Waals surface area contributed by atoms with Crippen LogP contribution < -0.4 is 11.5 Å². The molecule has 1 aromatic heterocycles. The molecule has 0 saturated heterocycles. The second-order valence-electron chi connectivity index (χ2n) is 3.35. The number of nitrogen functional groups attached to an aromatic ring is 2. The fourth-order valence-electron chi connectivity index (χ4n) is 1.36. The van der Waals surface area contributed by atoms with Crippen LogP contribution in [0.1, 0.15) is 5.69 Å². The van der Waals surface area contributed by atoms with Crippen LogP contribution in [0.15, 0.2) is 24.3 Å². The zero-order valence-electron chi connectivity index (χ0n) is 8.45. The normalized spacial score (nSPS) is 11.7. The van der Waals surface area contributed by atoms with Gasteiger partial charge in [0.1, 0.15) is 0 Å². The zero-order valence-corrected chi connectivity index (χ0v) is 9.27. The van der Waals surface area contributed by atoms with Crippen molar-refractivity contribution in [2.75, 3.05) is 11.5 Å². The van der Waals surface area contributed by atoms with Crippen LogP contribution in [0.25, 0.3) is 10.4 Å². The number of rotatable bonds is 1. The predicted octanol–water partition coefficient (Wildman–Crippen LogP) is 2.99. The van der Waals surface area contributed by atoms with E-state index in [-0.39, 0.29) is 10.0 Å². The molecule has 90 valence electrons. The standard InChI is InChI=1S/C10H8F3N3S/c11-10(12,13)8-7(17-9(15)16-8)5-1-3-6(14)4-2-5/h1-4H,14H2,(H2,15,16). The van der Waals surface area contributed by atoms with Crippen molar-refractivity contribution in [2.24, 2.45) is 0 Å². The van der Waals surface area contributed by atoms with Crippen LogP contribution in [0, 0.1) is 0 Å². The Labute approximate surface area is 98.9 Å². The summed E-state index contributed by atoms with van der Waals surface area (Å²) in [6, 6.07) is 6.09. The number of hydrogen-bond acceptors (Lipinski definition) is 4. The highest BCUT2D eigenvalue weighted by atomic mass is 32.1. The van der Waals surface area contributed by atoms with Crippen molar-refractivity contribution >= 4 is 22.2 Å². The molecule has 0 atom stereocenters. The quantitative estimate of drug-likeness (QED) is 0.774. The molecular weight excluding hydrogens is 251 g/mol. The third-order valence-electron chi connectivity index (χ3n) is 2.09. The summed E-state index contributed by atoms with van der Waals surface area (Å²) in [7, 11) is 0. The molecule has 3 nitrogen and oxygen atoms in total. The molecule has 1 aromatic carbocycles. The summed E-state index contributed by atoms with van der Waals surface area (Å²) in [5.74, 6) is 0. The third kappa shape index (κ3) is 2.33. The molecule has 0 aliphatic carbocycles. The maximum Gasteiger partial charge on any atom is 0.434 e. The average molecular weight is 259 g/mol. The molecule has 7 heteroatoms. The van der Waals surface area contributed by atoms with Gasteiger partial charge in [-0.25, -0.2) is 4.98 Å². The van der Waals surface area contributed by atoms with Crippen molar-refractivity contribution < 1.29 is 13.2 Å². The van der Waals surface area contributed by atoms with E-state index in [1.807, 2.05) is 0 Å². The summed E-state index contributed by atoms with van der Waals surface area (Å²) < 4.78 is 38.1. The molecule has 17 heavy (non-hydrogen) atoms. The van der Waals surface area contributed by atoms with Crippen LogP contribution in [-0.4, -0.2) is 4.98 Å². The maximum absolute atomic E-state index is 12.7. The molecule has 0 saturated carbocycles. The van der Waals surface area contributed by atoms with Crippen LogP contribution in [0.3, 0.4) is 0 Å². The van der Waals surface area contributed by atoms with Crippen molar-refractivity contribution in [2.45, 2.75) is 6.18 Å². The van der Waals surface area contributed by atoms with Gasteiger partial charge < -0.3 is 11.5 Å². The molecule has 2 aromatic rings. The average Bonchev–Trinajstić information content (AvgIpc) is 2.61. The second-order valence-corrected chi connectivity index (χ2v) is 4.38. The Kier molecular flexibility index (Phi) is 2.70. The highest BCUT2D eigenvalue weighted by molar-refractivity contribution is 7.18. The first-order chi connectivity index (χ1) is 7.88. The largest absolute Gasteiger partial charge is 0.434 e. The van der Waals surface area contributed by atoms with Crippen molar-refractivity contribution in [3.05, 3.63) is 30.0 Å². The smallest absolute Gasteiger partial charge is 0.399 e. The summed E-state index contributed by atoms with van der Waals surface area (Å²) in [6.07, 6.45) is -4.51. The minimum atomic E-state index is -4.51. The highest BCUT2D eigenvalue weighted by Crippen LogP contribution is 2.41. The lowest BCUT2D eigenvalue weighted by Crippen LogP contribution is -2.07. The second kappa shape index (κ2) is 3.92. The molecule has 0 radical (unpaired) electrons. The van der Waals surface area contributed by atoms with Gasteiger partial charge in [-0.3, -0.25) is 0 Å². The molecule has 4 N–H and O–H groups in total. The summed E-state index contributed by atoms with van der Waals surface area (Å²) >= 11 is 0.806.